The number of rotatable bonds is 9. The second-order valence-electron chi connectivity index (χ2n) is 10.2. The Labute approximate surface area is 219 Å². The number of piperazine rings is 1. The van der Waals surface area contributed by atoms with Crippen molar-refractivity contribution in [3.05, 3.63) is 70.8 Å². The predicted molar refractivity (Wildman–Crippen MR) is 133 cm³/mol. The minimum Gasteiger partial charge on any atom is -0.340 e. The Hall–Kier alpha value is -2.63. The van der Waals surface area contributed by atoms with E-state index < -0.39 is 28.9 Å². The van der Waals surface area contributed by atoms with Gasteiger partial charge in [0.25, 0.3) is 0 Å². The van der Waals surface area contributed by atoms with Gasteiger partial charge in [0, 0.05) is 45.8 Å². The van der Waals surface area contributed by atoms with E-state index in [-0.39, 0.29) is 25.3 Å². The van der Waals surface area contributed by atoms with E-state index in [1.54, 1.807) is 4.90 Å². The third kappa shape index (κ3) is 7.70. The zero-order valence-corrected chi connectivity index (χ0v) is 21.6. The van der Waals surface area contributed by atoms with Crippen molar-refractivity contribution in [1.29, 1.82) is 0 Å². The number of benzene rings is 2. The predicted octanol–water partition coefficient (Wildman–Crippen LogP) is 4.16. The summed E-state index contributed by atoms with van der Waals surface area (Å²) < 4.78 is 78.4. The Morgan fingerprint density at radius 3 is 1.55 bits per heavy atom. The number of carbonyl (C=O) groups excluding carboxylic acids is 1. The SMILES string of the molecule is CN(C)CCN1CCN(C(=O)C(CN)(Cc2ccc(C(F)(F)F)cc2)Cc2ccc(C(F)(F)F)cc2)CC1. The van der Waals surface area contributed by atoms with E-state index >= 15 is 0 Å². The van der Waals surface area contributed by atoms with Crippen LogP contribution in [0.15, 0.2) is 48.5 Å². The fourth-order valence-electron chi connectivity index (χ4n) is 4.70. The van der Waals surface area contributed by atoms with Gasteiger partial charge in [0.15, 0.2) is 0 Å². The first-order valence-corrected chi connectivity index (χ1v) is 12.4. The highest BCUT2D eigenvalue weighted by atomic mass is 19.4. The molecule has 0 radical (unpaired) electrons. The van der Waals surface area contributed by atoms with E-state index in [0.29, 0.717) is 37.3 Å². The van der Waals surface area contributed by atoms with Crippen LogP contribution in [0.1, 0.15) is 22.3 Å². The number of alkyl halides is 6. The lowest BCUT2D eigenvalue weighted by molar-refractivity contribution is -0.144. The molecule has 0 spiro atoms. The summed E-state index contributed by atoms with van der Waals surface area (Å²) in [7, 11) is 3.97. The van der Waals surface area contributed by atoms with Crippen LogP contribution in [0.25, 0.3) is 0 Å². The van der Waals surface area contributed by atoms with Crippen molar-refractivity contribution in [2.75, 3.05) is 59.9 Å². The number of amides is 1. The van der Waals surface area contributed by atoms with E-state index in [0.717, 1.165) is 37.4 Å². The topological polar surface area (TPSA) is 52.8 Å². The Bertz CT molecular complexity index is 984. The van der Waals surface area contributed by atoms with E-state index in [2.05, 4.69) is 9.80 Å². The maximum atomic E-state index is 13.9. The summed E-state index contributed by atoms with van der Waals surface area (Å²) in [5.41, 5.74) is 4.34. The highest BCUT2D eigenvalue weighted by molar-refractivity contribution is 5.84. The van der Waals surface area contributed by atoms with Gasteiger partial charge in [0.2, 0.25) is 5.91 Å². The largest absolute Gasteiger partial charge is 0.416 e. The molecule has 3 rings (SSSR count). The minimum absolute atomic E-state index is 0.0579. The number of carbonyl (C=O) groups is 1. The van der Waals surface area contributed by atoms with Crippen molar-refractivity contribution < 1.29 is 31.1 Å². The van der Waals surface area contributed by atoms with Gasteiger partial charge in [-0.25, -0.2) is 0 Å². The third-order valence-electron chi connectivity index (χ3n) is 7.01. The van der Waals surface area contributed by atoms with Crippen LogP contribution in [0.2, 0.25) is 0 Å². The summed E-state index contributed by atoms with van der Waals surface area (Å²) >= 11 is 0. The molecule has 1 amide bonds. The minimum atomic E-state index is -4.49. The van der Waals surface area contributed by atoms with Gasteiger partial charge in [-0.1, -0.05) is 24.3 Å². The van der Waals surface area contributed by atoms with E-state index in [4.69, 9.17) is 5.73 Å². The van der Waals surface area contributed by atoms with Gasteiger partial charge in [-0.2, -0.15) is 26.3 Å². The maximum Gasteiger partial charge on any atom is 0.416 e. The first kappa shape index (κ1) is 29.9. The molecule has 0 atom stereocenters. The smallest absolute Gasteiger partial charge is 0.340 e. The first-order chi connectivity index (χ1) is 17.7. The second kappa shape index (κ2) is 12.0. The number of nitrogens with zero attached hydrogens (tertiary/aromatic N) is 3. The van der Waals surface area contributed by atoms with Gasteiger partial charge in [-0.3, -0.25) is 9.69 Å². The summed E-state index contributed by atoms with van der Waals surface area (Å²) in [5, 5.41) is 0. The molecule has 1 saturated heterocycles. The average molecular weight is 545 g/mol. The molecule has 5 nitrogen and oxygen atoms in total. The lowest BCUT2D eigenvalue weighted by Gasteiger charge is -2.41. The Kier molecular flexibility index (Phi) is 9.48. The fraction of sp³-hybridized carbons (Fsp3) is 0.519. The van der Waals surface area contributed by atoms with Crippen molar-refractivity contribution in [3.8, 4) is 0 Å². The molecule has 1 aliphatic heterocycles. The van der Waals surface area contributed by atoms with Crippen molar-refractivity contribution in [2.24, 2.45) is 11.1 Å². The molecule has 0 aromatic heterocycles. The zero-order chi connectivity index (χ0) is 28.1. The van der Waals surface area contributed by atoms with Gasteiger partial charge in [-0.15, -0.1) is 0 Å². The van der Waals surface area contributed by atoms with Crippen molar-refractivity contribution in [3.63, 3.8) is 0 Å². The molecule has 210 valence electrons. The molecule has 2 aromatic carbocycles. The number of likely N-dealkylation sites (N-methyl/N-ethyl adjacent to an activating group) is 1. The monoisotopic (exact) mass is 544 g/mol. The summed E-state index contributed by atoms with van der Waals surface area (Å²) in [6.45, 7) is 3.88. The summed E-state index contributed by atoms with van der Waals surface area (Å²) in [5.74, 6) is -0.243. The fourth-order valence-corrected chi connectivity index (χ4v) is 4.70. The molecule has 1 fully saturated rings. The molecule has 2 aromatic rings. The maximum absolute atomic E-state index is 13.9. The number of hydrogen-bond acceptors (Lipinski definition) is 4. The third-order valence-corrected chi connectivity index (χ3v) is 7.01. The van der Waals surface area contributed by atoms with Crippen LogP contribution in [-0.4, -0.2) is 80.5 Å². The lowest BCUT2D eigenvalue weighted by atomic mass is 9.75. The number of nitrogens with two attached hydrogens (primary N) is 1. The molecule has 0 bridgehead atoms. The van der Waals surface area contributed by atoms with Gasteiger partial charge in [-0.05, 0) is 62.3 Å². The molecule has 2 N–H and O–H groups in total. The van der Waals surface area contributed by atoms with Crippen molar-refractivity contribution in [1.82, 2.24) is 14.7 Å². The second-order valence-corrected chi connectivity index (χ2v) is 10.2. The van der Waals surface area contributed by atoms with E-state index in [1.165, 1.54) is 24.3 Å². The summed E-state index contributed by atoms with van der Waals surface area (Å²) in [4.78, 5) is 20.0. The molecule has 0 aliphatic carbocycles. The standard InChI is InChI=1S/C27H34F6N4O/c1-35(2)11-12-36-13-15-37(16-14-36)24(38)25(19-34,17-20-3-7-22(8-4-20)26(28,29)30)18-21-5-9-23(10-6-21)27(31,32)33/h3-10H,11-19,34H2,1-2H3. The lowest BCUT2D eigenvalue weighted by Crippen LogP contribution is -2.56. The van der Waals surface area contributed by atoms with Crippen LogP contribution in [0.3, 0.4) is 0 Å². The number of hydrogen-bond donors (Lipinski definition) is 1. The van der Waals surface area contributed by atoms with Crippen LogP contribution in [0, 0.1) is 5.41 Å². The molecule has 38 heavy (non-hydrogen) atoms. The molecule has 1 aliphatic rings. The Morgan fingerprint density at radius 1 is 0.789 bits per heavy atom. The molecular weight excluding hydrogens is 510 g/mol. The normalized spacial score (nSPS) is 15.8. The molecule has 0 saturated carbocycles. The van der Waals surface area contributed by atoms with E-state index in [1.807, 2.05) is 14.1 Å². The van der Waals surface area contributed by atoms with Crippen LogP contribution < -0.4 is 5.73 Å². The van der Waals surface area contributed by atoms with Crippen LogP contribution in [0.5, 0.6) is 0 Å². The van der Waals surface area contributed by atoms with Gasteiger partial charge in [0.05, 0.1) is 16.5 Å². The molecule has 1 heterocycles. The highest BCUT2D eigenvalue weighted by Gasteiger charge is 2.42. The highest BCUT2D eigenvalue weighted by Crippen LogP contribution is 2.34. The van der Waals surface area contributed by atoms with Crippen LogP contribution in [0.4, 0.5) is 26.3 Å². The summed E-state index contributed by atoms with van der Waals surface area (Å²) in [6, 6.07) is 9.15. The molecule has 0 unspecified atom stereocenters. The average Bonchev–Trinajstić information content (AvgIpc) is 2.86. The zero-order valence-electron chi connectivity index (χ0n) is 21.6. The van der Waals surface area contributed by atoms with Crippen LogP contribution in [-0.2, 0) is 30.0 Å². The van der Waals surface area contributed by atoms with Gasteiger partial charge in [0.1, 0.15) is 0 Å². The van der Waals surface area contributed by atoms with Crippen molar-refractivity contribution in [2.45, 2.75) is 25.2 Å². The molecular formula is C27H34F6N4O. The van der Waals surface area contributed by atoms with Gasteiger partial charge >= 0.3 is 12.4 Å². The van der Waals surface area contributed by atoms with E-state index in [9.17, 15) is 31.1 Å². The molecule has 11 heteroatoms. The number of halogens is 6. The van der Waals surface area contributed by atoms with Crippen molar-refractivity contribution >= 4 is 5.91 Å². The van der Waals surface area contributed by atoms with Crippen LogP contribution >= 0.6 is 0 Å². The first-order valence-electron chi connectivity index (χ1n) is 12.4. The quantitative estimate of drug-likeness (QED) is 0.482. The Morgan fingerprint density at radius 2 is 1.21 bits per heavy atom. The Balaban J connectivity index is 1.86. The van der Waals surface area contributed by atoms with Gasteiger partial charge < -0.3 is 15.5 Å². The summed E-state index contributed by atoms with van der Waals surface area (Å²) in [6.07, 6.45) is -8.87.